The fourth-order valence-electron chi connectivity index (χ4n) is 3.85. The van der Waals surface area contributed by atoms with Crippen LogP contribution in [0.15, 0.2) is 36.4 Å². The minimum Gasteiger partial charge on any atom is -0.493 e. The summed E-state index contributed by atoms with van der Waals surface area (Å²) in [6, 6.07) is 10.8. The van der Waals surface area contributed by atoms with E-state index in [-0.39, 0.29) is 6.04 Å². The minimum atomic E-state index is -0.775. The van der Waals surface area contributed by atoms with Crippen molar-refractivity contribution < 1.29 is 19.4 Å². The maximum absolute atomic E-state index is 11.6. The van der Waals surface area contributed by atoms with Gasteiger partial charge in [-0.05, 0) is 43.1 Å². The molecule has 1 heterocycles. The fraction of sp³-hybridized carbons (Fsp3) is 0.381. The molecule has 2 unspecified atom stereocenters. The normalized spacial score (nSPS) is 18.5. The molecule has 0 radical (unpaired) electrons. The SMILES string of the molecule is COc1cccc(C(c2ccc(Cl)cc2Cl)N2CCCC(C(=O)O)C2)c1OC. The number of rotatable bonds is 6. The third kappa shape index (κ3) is 4.22. The molecule has 0 aliphatic carbocycles. The van der Waals surface area contributed by atoms with Crippen LogP contribution in [0.4, 0.5) is 0 Å². The van der Waals surface area contributed by atoms with Gasteiger partial charge in [0.25, 0.3) is 0 Å². The average Bonchev–Trinajstić information content (AvgIpc) is 2.69. The Morgan fingerprint density at radius 1 is 1.18 bits per heavy atom. The van der Waals surface area contributed by atoms with Gasteiger partial charge in [0.15, 0.2) is 11.5 Å². The summed E-state index contributed by atoms with van der Waals surface area (Å²) >= 11 is 12.7. The third-order valence-electron chi connectivity index (χ3n) is 5.15. The number of para-hydroxylation sites is 1. The lowest BCUT2D eigenvalue weighted by Gasteiger charge is -2.38. The molecule has 2 aromatic rings. The second kappa shape index (κ2) is 9.03. The number of piperidine rings is 1. The number of carbonyl (C=O) groups is 1. The molecule has 0 amide bonds. The van der Waals surface area contributed by atoms with E-state index < -0.39 is 11.9 Å². The molecule has 3 rings (SSSR count). The molecule has 7 heteroatoms. The minimum absolute atomic E-state index is 0.281. The largest absolute Gasteiger partial charge is 0.493 e. The number of carboxylic acid groups (broad SMARTS) is 1. The number of hydrogen-bond donors (Lipinski definition) is 1. The van der Waals surface area contributed by atoms with E-state index in [2.05, 4.69) is 4.90 Å². The van der Waals surface area contributed by atoms with Gasteiger partial charge in [-0.3, -0.25) is 9.69 Å². The van der Waals surface area contributed by atoms with Gasteiger partial charge < -0.3 is 14.6 Å². The Bertz CT molecular complexity index is 858. The van der Waals surface area contributed by atoms with Crippen molar-refractivity contribution in [3.05, 3.63) is 57.6 Å². The summed E-state index contributed by atoms with van der Waals surface area (Å²) in [6.07, 6.45) is 1.47. The van der Waals surface area contributed by atoms with Crippen LogP contribution < -0.4 is 9.47 Å². The molecule has 1 fully saturated rings. The Hall–Kier alpha value is -1.95. The molecule has 150 valence electrons. The third-order valence-corrected chi connectivity index (χ3v) is 5.71. The quantitative estimate of drug-likeness (QED) is 0.715. The first kappa shape index (κ1) is 20.8. The molecular formula is C21H23Cl2NO4. The van der Waals surface area contributed by atoms with Crippen molar-refractivity contribution >= 4 is 29.2 Å². The lowest BCUT2D eigenvalue weighted by atomic mass is 9.90. The number of likely N-dealkylation sites (tertiary alicyclic amines) is 1. The molecule has 2 atom stereocenters. The van der Waals surface area contributed by atoms with Gasteiger partial charge in [0, 0.05) is 22.2 Å². The van der Waals surface area contributed by atoms with Gasteiger partial charge in [0.1, 0.15) is 0 Å². The van der Waals surface area contributed by atoms with E-state index >= 15 is 0 Å². The molecule has 28 heavy (non-hydrogen) atoms. The van der Waals surface area contributed by atoms with Crippen LogP contribution in [0.3, 0.4) is 0 Å². The lowest BCUT2D eigenvalue weighted by Crippen LogP contribution is -2.41. The van der Waals surface area contributed by atoms with Crippen LogP contribution in [0.2, 0.25) is 10.0 Å². The van der Waals surface area contributed by atoms with Gasteiger partial charge in [-0.2, -0.15) is 0 Å². The molecule has 1 saturated heterocycles. The number of hydrogen-bond acceptors (Lipinski definition) is 4. The van der Waals surface area contributed by atoms with Crippen molar-refractivity contribution in [2.24, 2.45) is 5.92 Å². The summed E-state index contributed by atoms with van der Waals surface area (Å²) in [6.45, 7) is 1.19. The van der Waals surface area contributed by atoms with Crippen molar-refractivity contribution in [1.29, 1.82) is 0 Å². The number of ether oxygens (including phenoxy) is 2. The van der Waals surface area contributed by atoms with Crippen LogP contribution in [0.5, 0.6) is 11.5 Å². The Kier molecular flexibility index (Phi) is 6.70. The molecular weight excluding hydrogens is 401 g/mol. The van der Waals surface area contributed by atoms with Gasteiger partial charge in [-0.15, -0.1) is 0 Å². The smallest absolute Gasteiger partial charge is 0.307 e. The highest BCUT2D eigenvalue weighted by molar-refractivity contribution is 6.35. The van der Waals surface area contributed by atoms with Gasteiger partial charge in [0.05, 0.1) is 26.2 Å². The maximum atomic E-state index is 11.6. The van der Waals surface area contributed by atoms with Crippen LogP contribution in [-0.2, 0) is 4.79 Å². The van der Waals surface area contributed by atoms with Crippen molar-refractivity contribution in [2.75, 3.05) is 27.3 Å². The highest BCUT2D eigenvalue weighted by atomic mass is 35.5. The number of carboxylic acids is 1. The van der Waals surface area contributed by atoms with Crippen molar-refractivity contribution in [1.82, 2.24) is 4.90 Å². The molecule has 0 saturated carbocycles. The summed E-state index contributed by atoms with van der Waals surface area (Å²) in [7, 11) is 3.19. The monoisotopic (exact) mass is 423 g/mol. The molecule has 1 aliphatic heterocycles. The first-order valence-electron chi connectivity index (χ1n) is 9.09. The second-order valence-corrected chi connectivity index (χ2v) is 7.67. The van der Waals surface area contributed by atoms with E-state index in [4.69, 9.17) is 32.7 Å². The van der Waals surface area contributed by atoms with Gasteiger partial charge in [-0.25, -0.2) is 0 Å². The number of nitrogens with zero attached hydrogens (tertiary/aromatic N) is 1. The van der Waals surface area contributed by atoms with Gasteiger partial charge >= 0.3 is 5.97 Å². The van der Waals surface area contributed by atoms with Crippen LogP contribution in [0.25, 0.3) is 0 Å². The second-order valence-electron chi connectivity index (χ2n) is 6.82. The number of aliphatic carboxylic acids is 1. The van der Waals surface area contributed by atoms with Crippen LogP contribution in [0.1, 0.15) is 30.0 Å². The summed E-state index contributed by atoms with van der Waals surface area (Å²) in [5.41, 5.74) is 1.72. The topological polar surface area (TPSA) is 59.0 Å². The molecule has 5 nitrogen and oxygen atoms in total. The lowest BCUT2D eigenvalue weighted by molar-refractivity contribution is -0.143. The first-order valence-corrected chi connectivity index (χ1v) is 9.84. The first-order chi connectivity index (χ1) is 13.5. The molecule has 1 N–H and O–H groups in total. The maximum Gasteiger partial charge on any atom is 0.307 e. The van der Waals surface area contributed by atoms with Crippen molar-refractivity contribution in [3.63, 3.8) is 0 Å². The van der Waals surface area contributed by atoms with Gasteiger partial charge in [0.2, 0.25) is 0 Å². The molecule has 0 spiro atoms. The Morgan fingerprint density at radius 3 is 2.61 bits per heavy atom. The van der Waals surface area contributed by atoms with Gasteiger partial charge in [-0.1, -0.05) is 41.4 Å². The predicted molar refractivity (Wildman–Crippen MR) is 110 cm³/mol. The number of benzene rings is 2. The zero-order chi connectivity index (χ0) is 20.3. The number of halogens is 2. The Morgan fingerprint density at radius 2 is 1.96 bits per heavy atom. The molecule has 0 aromatic heterocycles. The average molecular weight is 424 g/mol. The summed E-state index contributed by atoms with van der Waals surface area (Å²) < 4.78 is 11.1. The van der Waals surface area contributed by atoms with E-state index in [1.807, 2.05) is 24.3 Å². The Balaban J connectivity index is 2.14. The van der Waals surface area contributed by atoms with Crippen LogP contribution in [-0.4, -0.2) is 43.3 Å². The predicted octanol–water partition coefficient (Wildman–Crippen LogP) is 4.90. The molecule has 0 bridgehead atoms. The van der Waals surface area contributed by atoms with E-state index in [1.54, 1.807) is 26.4 Å². The van der Waals surface area contributed by atoms with Crippen LogP contribution in [0, 0.1) is 5.92 Å². The summed E-state index contributed by atoms with van der Waals surface area (Å²) in [4.78, 5) is 13.8. The Labute approximate surface area is 174 Å². The van der Waals surface area contributed by atoms with E-state index in [9.17, 15) is 9.90 Å². The highest BCUT2D eigenvalue weighted by Gasteiger charge is 2.34. The highest BCUT2D eigenvalue weighted by Crippen LogP contribution is 2.43. The van der Waals surface area contributed by atoms with E-state index in [1.165, 1.54) is 0 Å². The molecule has 2 aromatic carbocycles. The van der Waals surface area contributed by atoms with Crippen molar-refractivity contribution in [3.8, 4) is 11.5 Å². The summed E-state index contributed by atoms with van der Waals surface area (Å²) in [5.74, 6) is 0.0301. The van der Waals surface area contributed by atoms with E-state index in [0.717, 1.165) is 24.1 Å². The standard InChI is InChI=1S/C21H23Cl2NO4/c1-27-18-7-3-6-16(20(18)28-2)19(15-9-8-14(22)11-17(15)23)24-10-4-5-13(12-24)21(25)26/h3,6-9,11,13,19H,4-5,10,12H2,1-2H3,(H,25,26). The van der Waals surface area contributed by atoms with Crippen LogP contribution >= 0.6 is 23.2 Å². The van der Waals surface area contributed by atoms with Crippen molar-refractivity contribution in [2.45, 2.75) is 18.9 Å². The zero-order valence-electron chi connectivity index (χ0n) is 15.8. The zero-order valence-corrected chi connectivity index (χ0v) is 17.3. The molecule has 1 aliphatic rings. The summed E-state index contributed by atoms with van der Waals surface area (Å²) in [5, 5.41) is 10.6. The fourth-order valence-corrected chi connectivity index (χ4v) is 4.37. The number of methoxy groups -OCH3 is 2. The van der Waals surface area contributed by atoms with E-state index in [0.29, 0.717) is 34.5 Å².